The van der Waals surface area contributed by atoms with Crippen molar-refractivity contribution in [2.24, 2.45) is 11.7 Å². The van der Waals surface area contributed by atoms with E-state index < -0.39 is 0 Å². The monoisotopic (exact) mass is 222 g/mol. The van der Waals surface area contributed by atoms with Crippen LogP contribution in [-0.4, -0.2) is 27.2 Å². The van der Waals surface area contributed by atoms with Gasteiger partial charge >= 0.3 is 0 Å². The number of hydrogen-bond donors (Lipinski definition) is 1. The average Bonchev–Trinajstić information content (AvgIpc) is 2.29. The van der Waals surface area contributed by atoms with Crippen molar-refractivity contribution in [3.63, 3.8) is 0 Å². The molecule has 3 heteroatoms. The molecule has 0 aromatic heterocycles. The Morgan fingerprint density at radius 1 is 1.44 bits per heavy atom. The number of methoxy groups -OCH3 is 1. The Balaban J connectivity index is 2.61. The predicted molar refractivity (Wildman–Crippen MR) is 69.1 cm³/mol. The van der Waals surface area contributed by atoms with Crippen molar-refractivity contribution in [3.8, 4) is 5.75 Å². The topological polar surface area (TPSA) is 38.5 Å². The summed E-state index contributed by atoms with van der Waals surface area (Å²) in [5.41, 5.74) is 6.73. The first kappa shape index (κ1) is 12.8. The van der Waals surface area contributed by atoms with E-state index in [1.54, 1.807) is 7.11 Å². The first-order valence-electron chi connectivity index (χ1n) is 5.72. The van der Waals surface area contributed by atoms with E-state index in [9.17, 15) is 0 Å². The van der Waals surface area contributed by atoms with Crippen molar-refractivity contribution < 1.29 is 4.74 Å². The van der Waals surface area contributed by atoms with E-state index in [-0.39, 0.29) is 0 Å². The molecule has 0 heterocycles. The number of benzene rings is 1. The highest BCUT2D eigenvalue weighted by atomic mass is 16.5. The highest BCUT2D eigenvalue weighted by Gasteiger charge is 2.07. The Hall–Kier alpha value is -1.22. The lowest BCUT2D eigenvalue weighted by Crippen LogP contribution is -2.25. The molecule has 1 aromatic carbocycles. The zero-order valence-corrected chi connectivity index (χ0v) is 10.4. The van der Waals surface area contributed by atoms with E-state index in [2.05, 4.69) is 31.0 Å². The second-order valence-corrected chi connectivity index (χ2v) is 4.26. The minimum absolute atomic E-state index is 0.612. The van der Waals surface area contributed by atoms with Gasteiger partial charge in [-0.2, -0.15) is 0 Å². The molecular formula is C13H22N2O. The SMILES string of the molecule is COc1cccc(N(C)CC(C)CCN)c1. The summed E-state index contributed by atoms with van der Waals surface area (Å²) in [5.74, 6) is 1.51. The van der Waals surface area contributed by atoms with E-state index >= 15 is 0 Å². The number of nitrogens with zero attached hydrogens (tertiary/aromatic N) is 1. The van der Waals surface area contributed by atoms with Crippen molar-refractivity contribution in [2.45, 2.75) is 13.3 Å². The largest absolute Gasteiger partial charge is 0.497 e. The molecule has 0 spiro atoms. The molecule has 3 nitrogen and oxygen atoms in total. The Morgan fingerprint density at radius 2 is 2.19 bits per heavy atom. The van der Waals surface area contributed by atoms with Gasteiger partial charge in [0.05, 0.1) is 7.11 Å². The molecule has 1 unspecified atom stereocenters. The smallest absolute Gasteiger partial charge is 0.120 e. The van der Waals surface area contributed by atoms with Crippen LogP contribution in [0.3, 0.4) is 0 Å². The summed E-state index contributed by atoms with van der Waals surface area (Å²) in [5, 5.41) is 0. The van der Waals surface area contributed by atoms with Crippen LogP contribution in [0.15, 0.2) is 24.3 Å². The predicted octanol–water partition coefficient (Wildman–Crippen LogP) is 2.12. The zero-order valence-electron chi connectivity index (χ0n) is 10.4. The third-order valence-corrected chi connectivity index (χ3v) is 2.74. The number of hydrogen-bond acceptors (Lipinski definition) is 3. The molecule has 1 aromatic rings. The van der Waals surface area contributed by atoms with Crippen LogP contribution in [0.5, 0.6) is 5.75 Å². The van der Waals surface area contributed by atoms with Crippen molar-refractivity contribution in [1.82, 2.24) is 0 Å². The summed E-state index contributed by atoms with van der Waals surface area (Å²) in [6.07, 6.45) is 1.06. The maximum atomic E-state index is 5.55. The lowest BCUT2D eigenvalue weighted by Gasteiger charge is -2.23. The fraction of sp³-hybridized carbons (Fsp3) is 0.538. The van der Waals surface area contributed by atoms with Gasteiger partial charge in [0, 0.05) is 25.3 Å². The van der Waals surface area contributed by atoms with Gasteiger partial charge in [-0.1, -0.05) is 13.0 Å². The van der Waals surface area contributed by atoms with Crippen molar-refractivity contribution >= 4 is 5.69 Å². The minimum Gasteiger partial charge on any atom is -0.497 e. The summed E-state index contributed by atoms with van der Waals surface area (Å²) in [6.45, 7) is 4.00. The molecule has 0 saturated heterocycles. The standard InChI is InChI=1S/C13H22N2O/c1-11(7-8-14)10-15(2)12-5-4-6-13(9-12)16-3/h4-6,9,11H,7-8,10,14H2,1-3H3. The van der Waals surface area contributed by atoms with E-state index in [4.69, 9.17) is 10.5 Å². The van der Waals surface area contributed by atoms with Crippen LogP contribution in [0.2, 0.25) is 0 Å². The molecule has 16 heavy (non-hydrogen) atoms. The molecule has 0 aliphatic heterocycles. The second-order valence-electron chi connectivity index (χ2n) is 4.26. The van der Waals surface area contributed by atoms with Crippen molar-refractivity contribution in [1.29, 1.82) is 0 Å². The van der Waals surface area contributed by atoms with Gasteiger partial charge < -0.3 is 15.4 Å². The van der Waals surface area contributed by atoms with E-state index in [0.717, 1.165) is 25.3 Å². The number of ether oxygens (including phenoxy) is 1. The highest BCUT2D eigenvalue weighted by molar-refractivity contribution is 5.50. The van der Waals surface area contributed by atoms with Gasteiger partial charge in [0.1, 0.15) is 5.75 Å². The van der Waals surface area contributed by atoms with Crippen LogP contribution >= 0.6 is 0 Å². The molecule has 1 rings (SSSR count). The van der Waals surface area contributed by atoms with Crippen LogP contribution in [0, 0.1) is 5.92 Å². The minimum atomic E-state index is 0.612. The number of rotatable bonds is 6. The molecule has 0 bridgehead atoms. The van der Waals surface area contributed by atoms with E-state index in [1.807, 2.05) is 12.1 Å². The van der Waals surface area contributed by atoms with Gasteiger partial charge in [0.25, 0.3) is 0 Å². The molecule has 0 aliphatic rings. The summed E-state index contributed by atoms with van der Waals surface area (Å²) >= 11 is 0. The maximum absolute atomic E-state index is 5.55. The maximum Gasteiger partial charge on any atom is 0.120 e. The van der Waals surface area contributed by atoms with Gasteiger partial charge in [0.2, 0.25) is 0 Å². The second kappa shape index (κ2) is 6.38. The Bertz CT molecular complexity index is 315. The van der Waals surface area contributed by atoms with Gasteiger partial charge in [0.15, 0.2) is 0 Å². The highest BCUT2D eigenvalue weighted by Crippen LogP contribution is 2.20. The van der Waals surface area contributed by atoms with Gasteiger partial charge in [-0.15, -0.1) is 0 Å². The normalized spacial score (nSPS) is 12.2. The van der Waals surface area contributed by atoms with E-state index in [0.29, 0.717) is 5.92 Å². The fourth-order valence-electron chi connectivity index (χ4n) is 1.80. The zero-order chi connectivity index (χ0) is 12.0. The van der Waals surface area contributed by atoms with Crippen LogP contribution in [0.4, 0.5) is 5.69 Å². The first-order valence-corrected chi connectivity index (χ1v) is 5.72. The van der Waals surface area contributed by atoms with Crippen molar-refractivity contribution in [2.75, 3.05) is 32.1 Å². The third-order valence-electron chi connectivity index (χ3n) is 2.74. The molecule has 0 radical (unpaired) electrons. The number of anilines is 1. The molecule has 1 atom stereocenters. The molecule has 0 amide bonds. The Labute approximate surface area is 98.2 Å². The third kappa shape index (κ3) is 3.74. The molecule has 90 valence electrons. The summed E-state index contributed by atoms with van der Waals surface area (Å²) in [6, 6.07) is 8.12. The van der Waals surface area contributed by atoms with Crippen molar-refractivity contribution in [3.05, 3.63) is 24.3 Å². The molecule has 0 aliphatic carbocycles. The van der Waals surface area contributed by atoms with Crippen LogP contribution in [-0.2, 0) is 0 Å². The lowest BCUT2D eigenvalue weighted by molar-refractivity contribution is 0.414. The Morgan fingerprint density at radius 3 is 2.81 bits per heavy atom. The summed E-state index contributed by atoms with van der Waals surface area (Å²) < 4.78 is 5.21. The van der Waals surface area contributed by atoms with Crippen LogP contribution in [0.25, 0.3) is 0 Å². The Kier molecular flexibility index (Phi) is 5.12. The molecular weight excluding hydrogens is 200 g/mol. The first-order chi connectivity index (χ1) is 7.67. The summed E-state index contributed by atoms with van der Waals surface area (Å²) in [4.78, 5) is 2.24. The van der Waals surface area contributed by atoms with Crippen LogP contribution < -0.4 is 15.4 Å². The molecule has 0 fully saturated rings. The van der Waals surface area contributed by atoms with E-state index in [1.165, 1.54) is 5.69 Å². The summed E-state index contributed by atoms with van der Waals surface area (Å²) in [7, 11) is 3.79. The molecule has 2 N–H and O–H groups in total. The van der Waals surface area contributed by atoms with Gasteiger partial charge in [-0.05, 0) is 31.0 Å². The lowest BCUT2D eigenvalue weighted by atomic mass is 10.1. The van der Waals surface area contributed by atoms with Gasteiger partial charge in [-0.25, -0.2) is 0 Å². The van der Waals surface area contributed by atoms with Gasteiger partial charge in [-0.3, -0.25) is 0 Å². The average molecular weight is 222 g/mol. The quantitative estimate of drug-likeness (QED) is 0.801. The van der Waals surface area contributed by atoms with Crippen LogP contribution in [0.1, 0.15) is 13.3 Å². The number of nitrogens with two attached hydrogens (primary N) is 1. The fourth-order valence-corrected chi connectivity index (χ4v) is 1.80. The molecule has 0 saturated carbocycles.